The van der Waals surface area contributed by atoms with Crippen LogP contribution in [0.15, 0.2) is 17.2 Å². The molecule has 0 saturated heterocycles. The molecule has 0 spiro atoms. The SMILES string of the molecule is C[C@]12CC[C@@H]3c4cc(N=[N+]=[N-])c(O)cc4CC[C@H]3[C@@H]1CCC2O. The summed E-state index contributed by atoms with van der Waals surface area (Å²) in [7, 11) is 0. The maximum atomic E-state index is 10.4. The fourth-order valence-electron chi connectivity index (χ4n) is 5.70. The molecule has 5 atom stereocenters. The van der Waals surface area contributed by atoms with Crippen molar-refractivity contribution in [1.29, 1.82) is 0 Å². The lowest BCUT2D eigenvalue weighted by atomic mass is 9.55. The molecular formula is C18H23N3O2. The van der Waals surface area contributed by atoms with Gasteiger partial charge in [0.2, 0.25) is 0 Å². The standard InChI is InChI=1S/C18H23N3O2/c1-18-7-6-11-12(14(18)4-5-17(18)23)3-2-10-8-16(22)15(20-21-19)9-13(10)11/h8-9,11-12,14,17,22-23H,2-7H2,1H3/t11-,12+,14-,17?,18-/m0/s1. The minimum atomic E-state index is -0.159. The number of fused-ring (bicyclic) bond motifs is 5. The number of aryl methyl sites for hydroxylation is 1. The summed E-state index contributed by atoms with van der Waals surface area (Å²) in [6.07, 6.45) is 6.10. The van der Waals surface area contributed by atoms with Crippen LogP contribution in [0.25, 0.3) is 10.4 Å². The van der Waals surface area contributed by atoms with Crippen LogP contribution < -0.4 is 0 Å². The number of aromatic hydroxyl groups is 1. The Bertz CT molecular complexity index is 698. The summed E-state index contributed by atoms with van der Waals surface area (Å²) in [6, 6.07) is 3.68. The third kappa shape index (κ3) is 2.07. The molecule has 1 unspecified atom stereocenters. The van der Waals surface area contributed by atoms with Gasteiger partial charge in [-0.1, -0.05) is 12.0 Å². The lowest BCUT2D eigenvalue weighted by Gasteiger charge is -2.50. The van der Waals surface area contributed by atoms with Gasteiger partial charge in [0.15, 0.2) is 0 Å². The van der Waals surface area contributed by atoms with Crippen LogP contribution in [-0.4, -0.2) is 16.3 Å². The Balaban J connectivity index is 1.74. The number of phenolic OH excluding ortho intramolecular Hbond substituents is 1. The number of benzene rings is 1. The van der Waals surface area contributed by atoms with Crippen LogP contribution in [0.5, 0.6) is 5.75 Å². The van der Waals surface area contributed by atoms with E-state index in [4.69, 9.17) is 5.53 Å². The van der Waals surface area contributed by atoms with Gasteiger partial charge in [-0.05, 0) is 90.5 Å². The zero-order valence-electron chi connectivity index (χ0n) is 13.4. The highest BCUT2D eigenvalue weighted by atomic mass is 16.3. The minimum Gasteiger partial charge on any atom is -0.507 e. The average Bonchev–Trinajstić information content (AvgIpc) is 2.84. The molecule has 23 heavy (non-hydrogen) atoms. The predicted molar refractivity (Wildman–Crippen MR) is 87.5 cm³/mol. The number of nitrogens with zero attached hydrogens (tertiary/aromatic N) is 3. The Hall–Kier alpha value is -1.71. The monoisotopic (exact) mass is 313 g/mol. The minimum absolute atomic E-state index is 0.0726. The van der Waals surface area contributed by atoms with E-state index in [9.17, 15) is 10.2 Å². The highest BCUT2D eigenvalue weighted by Crippen LogP contribution is 2.61. The lowest BCUT2D eigenvalue weighted by molar-refractivity contribution is -0.0226. The summed E-state index contributed by atoms with van der Waals surface area (Å²) in [5.74, 6) is 1.73. The van der Waals surface area contributed by atoms with Gasteiger partial charge in [0, 0.05) is 4.91 Å². The second-order valence-corrected chi connectivity index (χ2v) is 7.78. The molecule has 1 aromatic rings. The molecule has 4 rings (SSSR count). The summed E-state index contributed by atoms with van der Waals surface area (Å²) in [5.41, 5.74) is 11.5. The number of rotatable bonds is 1. The fourth-order valence-corrected chi connectivity index (χ4v) is 5.70. The Morgan fingerprint density at radius 2 is 2.09 bits per heavy atom. The van der Waals surface area contributed by atoms with Crippen molar-refractivity contribution < 1.29 is 10.2 Å². The number of azide groups is 1. The molecule has 2 saturated carbocycles. The summed E-state index contributed by atoms with van der Waals surface area (Å²) in [6.45, 7) is 2.27. The average molecular weight is 313 g/mol. The van der Waals surface area contributed by atoms with Crippen molar-refractivity contribution in [1.82, 2.24) is 0 Å². The third-order valence-corrected chi connectivity index (χ3v) is 6.92. The third-order valence-electron chi connectivity index (χ3n) is 6.92. The zero-order chi connectivity index (χ0) is 16.2. The Labute approximate surface area is 136 Å². The van der Waals surface area contributed by atoms with Crippen molar-refractivity contribution in [2.75, 3.05) is 0 Å². The first-order valence-corrected chi connectivity index (χ1v) is 8.63. The normalized spacial score (nSPS) is 38.2. The molecule has 0 radical (unpaired) electrons. The predicted octanol–water partition coefficient (Wildman–Crippen LogP) is 4.55. The van der Waals surface area contributed by atoms with Crippen LogP contribution in [0.3, 0.4) is 0 Å². The van der Waals surface area contributed by atoms with E-state index in [1.165, 1.54) is 11.1 Å². The number of hydrogen-bond acceptors (Lipinski definition) is 3. The van der Waals surface area contributed by atoms with E-state index >= 15 is 0 Å². The van der Waals surface area contributed by atoms with E-state index in [2.05, 4.69) is 16.9 Å². The second kappa shape index (κ2) is 5.15. The number of hydrogen-bond donors (Lipinski definition) is 2. The van der Waals surface area contributed by atoms with Gasteiger partial charge in [0.25, 0.3) is 0 Å². The van der Waals surface area contributed by atoms with Gasteiger partial charge in [-0.2, -0.15) is 0 Å². The number of aliphatic hydroxyl groups excluding tert-OH is 1. The van der Waals surface area contributed by atoms with Crippen LogP contribution in [0.4, 0.5) is 5.69 Å². The van der Waals surface area contributed by atoms with E-state index in [0.717, 1.165) is 38.5 Å². The van der Waals surface area contributed by atoms with Crippen LogP contribution >= 0.6 is 0 Å². The summed E-state index contributed by atoms with van der Waals surface area (Å²) >= 11 is 0. The molecule has 0 amide bonds. The number of aliphatic hydroxyl groups is 1. The van der Waals surface area contributed by atoms with Crippen LogP contribution in [0.2, 0.25) is 0 Å². The van der Waals surface area contributed by atoms with Gasteiger partial charge in [-0.15, -0.1) is 0 Å². The van der Waals surface area contributed by atoms with Crippen molar-refractivity contribution in [3.8, 4) is 5.75 Å². The molecule has 0 aromatic heterocycles. The van der Waals surface area contributed by atoms with Crippen LogP contribution in [0.1, 0.15) is 56.1 Å². The van der Waals surface area contributed by atoms with Crippen molar-refractivity contribution in [2.24, 2.45) is 22.4 Å². The molecule has 122 valence electrons. The maximum absolute atomic E-state index is 10.4. The Morgan fingerprint density at radius 3 is 2.87 bits per heavy atom. The lowest BCUT2D eigenvalue weighted by Crippen LogP contribution is -2.43. The highest BCUT2D eigenvalue weighted by Gasteiger charge is 2.54. The van der Waals surface area contributed by atoms with E-state index in [1.54, 1.807) is 6.07 Å². The highest BCUT2D eigenvalue weighted by molar-refractivity contribution is 5.57. The van der Waals surface area contributed by atoms with E-state index in [0.29, 0.717) is 23.4 Å². The first-order valence-electron chi connectivity index (χ1n) is 8.63. The molecule has 0 aliphatic heterocycles. The zero-order valence-corrected chi connectivity index (χ0v) is 13.4. The number of phenols is 1. The largest absolute Gasteiger partial charge is 0.507 e. The van der Waals surface area contributed by atoms with Crippen molar-refractivity contribution in [3.63, 3.8) is 0 Å². The molecule has 5 nitrogen and oxygen atoms in total. The summed E-state index contributed by atoms with van der Waals surface area (Å²) in [5, 5.41) is 24.1. The van der Waals surface area contributed by atoms with Gasteiger partial charge in [-0.3, -0.25) is 0 Å². The molecule has 3 aliphatic carbocycles. The van der Waals surface area contributed by atoms with Gasteiger partial charge in [-0.25, -0.2) is 0 Å². The maximum Gasteiger partial charge on any atom is 0.125 e. The Kier molecular flexibility index (Phi) is 3.33. The van der Waals surface area contributed by atoms with Crippen molar-refractivity contribution in [2.45, 2.75) is 57.5 Å². The van der Waals surface area contributed by atoms with Crippen LogP contribution in [0, 0.1) is 17.3 Å². The van der Waals surface area contributed by atoms with Gasteiger partial charge in [0.05, 0.1) is 11.8 Å². The molecule has 0 bridgehead atoms. The van der Waals surface area contributed by atoms with E-state index < -0.39 is 0 Å². The first kappa shape index (κ1) is 14.9. The molecular weight excluding hydrogens is 290 g/mol. The van der Waals surface area contributed by atoms with E-state index in [1.807, 2.05) is 6.07 Å². The van der Waals surface area contributed by atoms with Gasteiger partial charge in [0.1, 0.15) is 5.75 Å². The van der Waals surface area contributed by atoms with E-state index in [-0.39, 0.29) is 17.3 Å². The molecule has 1 aromatic carbocycles. The first-order chi connectivity index (χ1) is 11.0. The van der Waals surface area contributed by atoms with Crippen molar-refractivity contribution in [3.05, 3.63) is 33.7 Å². The molecule has 3 aliphatic rings. The summed E-state index contributed by atoms with van der Waals surface area (Å²) < 4.78 is 0. The molecule has 2 N–H and O–H groups in total. The molecule has 5 heteroatoms. The second-order valence-electron chi connectivity index (χ2n) is 7.78. The Morgan fingerprint density at radius 1 is 1.26 bits per heavy atom. The van der Waals surface area contributed by atoms with Gasteiger partial charge < -0.3 is 10.2 Å². The van der Waals surface area contributed by atoms with Crippen LogP contribution in [-0.2, 0) is 6.42 Å². The fraction of sp³-hybridized carbons (Fsp3) is 0.667. The van der Waals surface area contributed by atoms with Crippen molar-refractivity contribution >= 4 is 5.69 Å². The topological polar surface area (TPSA) is 89.2 Å². The molecule has 2 fully saturated rings. The summed E-state index contributed by atoms with van der Waals surface area (Å²) in [4.78, 5) is 2.83. The quantitative estimate of drug-likeness (QED) is 0.452. The smallest absolute Gasteiger partial charge is 0.125 e. The molecule has 0 heterocycles. The van der Waals surface area contributed by atoms with Gasteiger partial charge >= 0.3 is 0 Å².